The highest BCUT2D eigenvalue weighted by atomic mass is 32.2. The third kappa shape index (κ3) is 17.1. The number of aliphatic imine (C=N–C) groups is 1. The summed E-state index contributed by atoms with van der Waals surface area (Å²) in [5.41, 5.74) is 15.1. The van der Waals surface area contributed by atoms with Crippen LogP contribution >= 0.6 is 0 Å². The first-order chi connectivity index (χ1) is 36.3. The molecule has 27 heteroatoms. The van der Waals surface area contributed by atoms with E-state index < -0.39 is 123 Å². The number of sulfonamides is 2. The third-order valence-electron chi connectivity index (χ3n) is 12.6. The fourth-order valence-corrected chi connectivity index (χ4v) is 11.6. The van der Waals surface area contributed by atoms with Crippen molar-refractivity contribution in [3.63, 3.8) is 0 Å². The van der Waals surface area contributed by atoms with Gasteiger partial charge in [-0.2, -0.15) is 0 Å². The Morgan fingerprint density at radius 1 is 0.821 bits per heavy atom. The molecule has 0 aliphatic carbocycles. The van der Waals surface area contributed by atoms with E-state index in [1.807, 2.05) is 0 Å². The molecule has 5 amide bonds. The molecule has 1 aliphatic heterocycles. The summed E-state index contributed by atoms with van der Waals surface area (Å²) in [5, 5.41) is 19.0. The number of nitrogens with zero attached hydrogens (tertiary/aromatic N) is 2. The van der Waals surface area contributed by atoms with E-state index in [1.165, 1.54) is 14.2 Å². The Kier molecular flexibility index (Phi) is 21.7. The van der Waals surface area contributed by atoms with Crippen LogP contribution in [0.1, 0.15) is 91.0 Å². The average molecular weight is 1130 g/mol. The summed E-state index contributed by atoms with van der Waals surface area (Å²) in [7, 11) is -5.28. The number of hydrogen-bond acceptors (Lipinski definition) is 16. The summed E-state index contributed by atoms with van der Waals surface area (Å²) < 4.78 is 74.7. The molecule has 3 aromatic rings. The molecule has 78 heavy (non-hydrogen) atoms. The standard InChI is InChI=1S/C51H72N10O15S2/c1-27-19-39(74-10)29(3)31(5)44(27)77(70,71)57-23-33-14-16-34(17-15-33)26-61-38(48(68)59-37(49(61)69)24-55-46(66)35(52)21-43(65)76-51(7,8)9)22-41(62)58-36(47(67)56-25-42(63)64)13-12-18-54-50(53)60-78(72,73)45-28(2)20-40(75-11)30(4)32(45)6/h14-17,19-20,35-38,57H,12-13,18,21-26,52H2,1-11H3,(H,55,66)(H,56,67)(H,58,62)(H,59,68)(H,63,64)(H3,53,54,60)/t35-,36-,37-,38+/m0/s1. The van der Waals surface area contributed by atoms with Crippen molar-refractivity contribution in [1.29, 1.82) is 0 Å². The molecule has 0 unspecified atom stereocenters. The molecule has 0 radical (unpaired) electrons. The number of carboxylic acid groups (broad SMARTS) is 1. The molecule has 1 heterocycles. The van der Waals surface area contributed by atoms with E-state index in [2.05, 4.69) is 35.7 Å². The van der Waals surface area contributed by atoms with Crippen LogP contribution in [0, 0.1) is 41.5 Å². The predicted molar refractivity (Wildman–Crippen MR) is 286 cm³/mol. The van der Waals surface area contributed by atoms with Crippen LogP contribution in [0.15, 0.2) is 51.2 Å². The Morgan fingerprint density at radius 2 is 1.37 bits per heavy atom. The minimum atomic E-state index is -4.22. The van der Waals surface area contributed by atoms with Gasteiger partial charge in [0.25, 0.3) is 10.0 Å². The maximum absolute atomic E-state index is 14.3. The van der Waals surface area contributed by atoms with Crippen molar-refractivity contribution in [2.24, 2.45) is 16.5 Å². The van der Waals surface area contributed by atoms with Gasteiger partial charge in [-0.3, -0.25) is 38.6 Å². The van der Waals surface area contributed by atoms with Crippen LogP contribution in [0.5, 0.6) is 11.5 Å². The van der Waals surface area contributed by atoms with Crippen molar-refractivity contribution in [2.45, 2.75) is 141 Å². The van der Waals surface area contributed by atoms with Gasteiger partial charge in [0.1, 0.15) is 41.8 Å². The minimum absolute atomic E-state index is 0.00516. The number of carbonyl (C=O) groups excluding carboxylic acids is 6. The van der Waals surface area contributed by atoms with E-state index in [1.54, 1.807) is 98.7 Å². The van der Waals surface area contributed by atoms with Gasteiger partial charge in [0.2, 0.25) is 45.5 Å². The van der Waals surface area contributed by atoms with Crippen LogP contribution in [-0.2, 0) is 71.4 Å². The van der Waals surface area contributed by atoms with E-state index in [4.69, 9.17) is 25.7 Å². The maximum Gasteiger partial charge on any atom is 0.322 e. The molecule has 0 bridgehead atoms. The molecule has 1 fully saturated rings. The lowest BCUT2D eigenvalue weighted by Crippen LogP contribution is -2.66. The van der Waals surface area contributed by atoms with E-state index in [9.17, 15) is 55.5 Å². The molecule has 0 saturated carbocycles. The fraction of sp³-hybridized carbons (Fsp3) is 0.490. The first-order valence-corrected chi connectivity index (χ1v) is 27.6. The summed E-state index contributed by atoms with van der Waals surface area (Å²) >= 11 is 0. The van der Waals surface area contributed by atoms with Gasteiger partial charge in [0.05, 0.1) is 42.9 Å². The lowest BCUT2D eigenvalue weighted by molar-refractivity contribution is -0.156. The number of carbonyl (C=O) groups is 7. The molecule has 1 saturated heterocycles. The number of carboxylic acids is 1. The summed E-state index contributed by atoms with van der Waals surface area (Å²) in [5.74, 6) is -5.81. The third-order valence-corrected chi connectivity index (χ3v) is 15.9. The fourth-order valence-electron chi connectivity index (χ4n) is 8.55. The molecule has 3 aromatic carbocycles. The summed E-state index contributed by atoms with van der Waals surface area (Å²) in [6.07, 6.45) is -1.40. The van der Waals surface area contributed by atoms with Crippen LogP contribution in [0.25, 0.3) is 0 Å². The zero-order valence-electron chi connectivity index (χ0n) is 45.7. The van der Waals surface area contributed by atoms with Gasteiger partial charge in [-0.25, -0.2) is 26.3 Å². The molecule has 1 aliphatic rings. The molecular formula is C51H72N10O15S2. The number of guanidine groups is 1. The van der Waals surface area contributed by atoms with Crippen molar-refractivity contribution in [1.82, 2.24) is 35.6 Å². The minimum Gasteiger partial charge on any atom is -0.496 e. The topological polar surface area (TPSA) is 376 Å². The van der Waals surface area contributed by atoms with Crippen LogP contribution in [0.4, 0.5) is 0 Å². The van der Waals surface area contributed by atoms with Gasteiger partial charge in [-0.05, 0) is 132 Å². The summed E-state index contributed by atoms with van der Waals surface area (Å²) in [6, 6.07) is 3.89. The second-order valence-corrected chi connectivity index (χ2v) is 23.0. The highest BCUT2D eigenvalue weighted by Gasteiger charge is 2.42. The number of ether oxygens (including phenoxy) is 3. The van der Waals surface area contributed by atoms with Crippen molar-refractivity contribution in [3.8, 4) is 11.5 Å². The average Bonchev–Trinajstić information content (AvgIpc) is 3.38. The van der Waals surface area contributed by atoms with Gasteiger partial charge in [-0.15, -0.1) is 0 Å². The lowest BCUT2D eigenvalue weighted by atomic mass is 10.0. The largest absolute Gasteiger partial charge is 0.496 e. The first kappa shape index (κ1) is 63.2. The molecule has 428 valence electrons. The number of rotatable bonds is 25. The molecule has 4 rings (SSSR count). The number of esters is 1. The van der Waals surface area contributed by atoms with Crippen molar-refractivity contribution >= 4 is 67.5 Å². The Labute approximate surface area is 454 Å². The van der Waals surface area contributed by atoms with E-state index >= 15 is 0 Å². The SMILES string of the molecule is COc1cc(C)c(S(=O)(=O)NCc2ccc(CN3C(=O)[C@H](CNC(=O)[C@@H](N)CC(=O)OC(C)(C)C)NC(=O)[C@H]3CC(=O)N[C@@H](CCCN=C(N)NS(=O)(=O)c3c(C)cc(OC)c(C)c3C)C(=O)NCC(=O)O)cc2)c(C)c1C. The highest BCUT2D eigenvalue weighted by molar-refractivity contribution is 7.90. The number of piperazine rings is 1. The normalized spacial score (nSPS) is 15.8. The van der Waals surface area contributed by atoms with Crippen molar-refractivity contribution in [3.05, 3.63) is 80.9 Å². The molecule has 11 N–H and O–H groups in total. The van der Waals surface area contributed by atoms with Gasteiger partial charge in [0, 0.05) is 26.2 Å². The molecule has 25 nitrogen and oxygen atoms in total. The number of aliphatic carboxylic acids is 1. The zero-order chi connectivity index (χ0) is 58.6. The van der Waals surface area contributed by atoms with E-state index in [0.29, 0.717) is 56.0 Å². The van der Waals surface area contributed by atoms with Crippen LogP contribution < -0.4 is 51.7 Å². The van der Waals surface area contributed by atoms with Gasteiger partial charge >= 0.3 is 11.9 Å². The second-order valence-electron chi connectivity index (χ2n) is 19.7. The van der Waals surface area contributed by atoms with E-state index in [-0.39, 0.29) is 42.3 Å². The number of hydrogen-bond donors (Lipinski definition) is 9. The van der Waals surface area contributed by atoms with Crippen LogP contribution in [0.2, 0.25) is 0 Å². The number of aryl methyl sites for hydroxylation is 2. The number of nitrogens with one attached hydrogen (secondary N) is 6. The predicted octanol–water partition coefficient (Wildman–Crippen LogP) is 0.553. The Balaban J connectivity index is 1.54. The van der Waals surface area contributed by atoms with Gasteiger partial charge < -0.3 is 57.0 Å². The van der Waals surface area contributed by atoms with Crippen molar-refractivity contribution in [2.75, 3.05) is 33.9 Å². The number of nitrogens with two attached hydrogens (primary N) is 2. The summed E-state index contributed by atoms with van der Waals surface area (Å²) in [6.45, 7) is 13.1. The summed E-state index contributed by atoms with van der Waals surface area (Å²) in [4.78, 5) is 97.5. The molecular weight excluding hydrogens is 1060 g/mol. The Morgan fingerprint density at radius 3 is 1.91 bits per heavy atom. The van der Waals surface area contributed by atoms with Crippen molar-refractivity contribution < 1.29 is 69.7 Å². The van der Waals surface area contributed by atoms with Crippen LogP contribution in [0.3, 0.4) is 0 Å². The highest BCUT2D eigenvalue weighted by Crippen LogP contribution is 2.32. The molecule has 4 atom stereocenters. The first-order valence-electron chi connectivity index (χ1n) is 24.6. The maximum atomic E-state index is 14.3. The second kappa shape index (κ2) is 26.8. The van der Waals surface area contributed by atoms with E-state index in [0.717, 1.165) is 4.90 Å². The molecule has 0 aromatic heterocycles. The number of amides is 5. The van der Waals surface area contributed by atoms with Crippen LogP contribution in [-0.4, -0.2) is 138 Å². The lowest BCUT2D eigenvalue weighted by Gasteiger charge is -2.39. The monoisotopic (exact) mass is 1130 g/mol. The van der Waals surface area contributed by atoms with Gasteiger partial charge in [0.15, 0.2) is 0 Å². The Bertz CT molecular complexity index is 3030. The number of methoxy groups -OCH3 is 2. The quantitative estimate of drug-likeness (QED) is 0.0242. The Hall–Kier alpha value is -7.36. The number of benzene rings is 3. The molecule has 0 spiro atoms. The smallest absolute Gasteiger partial charge is 0.322 e. The zero-order valence-corrected chi connectivity index (χ0v) is 47.3. The van der Waals surface area contributed by atoms with Gasteiger partial charge in [-0.1, -0.05) is 24.3 Å².